The SMILES string of the molecule is C#CC(N)c1cccc(C#N)c1. The number of nitrogens with zero attached hydrogens (tertiary/aromatic N) is 1. The van der Waals surface area contributed by atoms with Gasteiger partial charge in [0.25, 0.3) is 0 Å². The fourth-order valence-corrected chi connectivity index (χ4v) is 0.898. The minimum absolute atomic E-state index is 0.418. The summed E-state index contributed by atoms with van der Waals surface area (Å²) in [6, 6.07) is 8.60. The van der Waals surface area contributed by atoms with Crippen molar-refractivity contribution in [1.82, 2.24) is 0 Å². The topological polar surface area (TPSA) is 49.8 Å². The van der Waals surface area contributed by atoms with E-state index in [-0.39, 0.29) is 0 Å². The number of nitrogens with two attached hydrogens (primary N) is 1. The highest BCUT2D eigenvalue weighted by Crippen LogP contribution is 2.10. The molecule has 0 fully saturated rings. The lowest BCUT2D eigenvalue weighted by Gasteiger charge is -2.03. The van der Waals surface area contributed by atoms with Crippen LogP contribution in [0.2, 0.25) is 0 Å². The van der Waals surface area contributed by atoms with Crippen molar-refractivity contribution in [3.8, 4) is 18.4 Å². The van der Waals surface area contributed by atoms with E-state index in [9.17, 15) is 0 Å². The normalized spacial score (nSPS) is 11.2. The lowest BCUT2D eigenvalue weighted by Crippen LogP contribution is -2.06. The quantitative estimate of drug-likeness (QED) is 0.621. The van der Waals surface area contributed by atoms with Crippen LogP contribution < -0.4 is 5.73 Å². The average molecular weight is 156 g/mol. The first-order valence-electron chi connectivity index (χ1n) is 3.49. The van der Waals surface area contributed by atoms with Crippen LogP contribution in [-0.4, -0.2) is 0 Å². The molecular formula is C10H8N2. The Bertz CT molecular complexity index is 355. The fourth-order valence-electron chi connectivity index (χ4n) is 0.898. The van der Waals surface area contributed by atoms with Crippen LogP contribution in [-0.2, 0) is 0 Å². The van der Waals surface area contributed by atoms with Crippen LogP contribution in [0.1, 0.15) is 17.2 Å². The molecule has 12 heavy (non-hydrogen) atoms. The zero-order valence-electron chi connectivity index (χ0n) is 6.49. The lowest BCUT2D eigenvalue weighted by atomic mass is 10.1. The van der Waals surface area contributed by atoms with E-state index in [0.717, 1.165) is 5.56 Å². The highest BCUT2D eigenvalue weighted by Gasteiger charge is 2.01. The molecule has 1 aromatic rings. The lowest BCUT2D eigenvalue weighted by molar-refractivity contribution is 0.945. The van der Waals surface area contributed by atoms with Crippen LogP contribution >= 0.6 is 0 Å². The Morgan fingerprint density at radius 3 is 2.83 bits per heavy atom. The molecule has 0 radical (unpaired) electrons. The van der Waals surface area contributed by atoms with E-state index in [0.29, 0.717) is 5.56 Å². The largest absolute Gasteiger partial charge is 0.314 e. The molecule has 0 aromatic heterocycles. The van der Waals surface area contributed by atoms with E-state index < -0.39 is 6.04 Å². The minimum atomic E-state index is -0.418. The Morgan fingerprint density at radius 2 is 2.25 bits per heavy atom. The van der Waals surface area contributed by atoms with Crippen molar-refractivity contribution in [1.29, 1.82) is 5.26 Å². The van der Waals surface area contributed by atoms with Crippen molar-refractivity contribution < 1.29 is 0 Å². The summed E-state index contributed by atoms with van der Waals surface area (Å²) in [5, 5.41) is 8.57. The Labute approximate surface area is 71.6 Å². The first kappa shape index (κ1) is 8.33. The maximum absolute atomic E-state index is 8.57. The average Bonchev–Trinajstić information content (AvgIpc) is 2.17. The molecule has 0 spiro atoms. The van der Waals surface area contributed by atoms with Gasteiger partial charge in [-0.2, -0.15) is 5.26 Å². The fraction of sp³-hybridized carbons (Fsp3) is 0.100. The van der Waals surface area contributed by atoms with Gasteiger partial charge in [0.15, 0.2) is 0 Å². The number of rotatable bonds is 1. The van der Waals surface area contributed by atoms with E-state index in [1.54, 1.807) is 18.2 Å². The molecule has 1 aromatic carbocycles. The summed E-state index contributed by atoms with van der Waals surface area (Å²) in [7, 11) is 0. The van der Waals surface area contributed by atoms with Crippen LogP contribution in [0.25, 0.3) is 0 Å². The van der Waals surface area contributed by atoms with Gasteiger partial charge in [-0.25, -0.2) is 0 Å². The zero-order valence-corrected chi connectivity index (χ0v) is 6.49. The summed E-state index contributed by atoms with van der Waals surface area (Å²) in [6.07, 6.45) is 5.14. The van der Waals surface area contributed by atoms with Crippen LogP contribution in [0.15, 0.2) is 24.3 Å². The van der Waals surface area contributed by atoms with Crippen LogP contribution in [0.5, 0.6) is 0 Å². The van der Waals surface area contributed by atoms with Crippen LogP contribution in [0, 0.1) is 23.7 Å². The molecule has 0 heterocycles. The molecule has 0 bridgehead atoms. The molecule has 0 saturated carbocycles. The third-order valence-corrected chi connectivity index (χ3v) is 1.55. The molecule has 2 N–H and O–H groups in total. The van der Waals surface area contributed by atoms with Crippen molar-refractivity contribution in [2.45, 2.75) is 6.04 Å². The molecule has 0 aliphatic rings. The Morgan fingerprint density at radius 1 is 1.50 bits per heavy atom. The van der Waals surface area contributed by atoms with Gasteiger partial charge in [-0.15, -0.1) is 6.42 Å². The van der Waals surface area contributed by atoms with Crippen molar-refractivity contribution >= 4 is 0 Å². The predicted octanol–water partition coefficient (Wildman–Crippen LogP) is 1.19. The zero-order chi connectivity index (χ0) is 8.97. The van der Waals surface area contributed by atoms with E-state index >= 15 is 0 Å². The maximum Gasteiger partial charge on any atom is 0.0991 e. The van der Waals surface area contributed by atoms with Gasteiger partial charge in [0.05, 0.1) is 17.7 Å². The highest BCUT2D eigenvalue weighted by atomic mass is 14.6. The molecule has 1 atom stereocenters. The van der Waals surface area contributed by atoms with Gasteiger partial charge in [-0.05, 0) is 17.7 Å². The predicted molar refractivity (Wildman–Crippen MR) is 46.9 cm³/mol. The van der Waals surface area contributed by atoms with Gasteiger partial charge in [-0.1, -0.05) is 18.1 Å². The Hall–Kier alpha value is -1.77. The Kier molecular flexibility index (Phi) is 2.48. The molecule has 0 aliphatic carbocycles. The van der Waals surface area contributed by atoms with E-state index in [1.165, 1.54) is 0 Å². The molecular weight excluding hydrogens is 148 g/mol. The molecule has 2 nitrogen and oxygen atoms in total. The number of hydrogen-bond acceptors (Lipinski definition) is 2. The number of hydrogen-bond donors (Lipinski definition) is 1. The monoisotopic (exact) mass is 156 g/mol. The van der Waals surface area contributed by atoms with E-state index in [1.807, 2.05) is 12.1 Å². The molecule has 1 unspecified atom stereocenters. The second-order valence-corrected chi connectivity index (χ2v) is 2.38. The van der Waals surface area contributed by atoms with Gasteiger partial charge in [0, 0.05) is 0 Å². The number of benzene rings is 1. The Balaban J connectivity index is 3.05. The van der Waals surface area contributed by atoms with Crippen LogP contribution in [0.4, 0.5) is 0 Å². The summed E-state index contributed by atoms with van der Waals surface area (Å²) in [5.74, 6) is 2.40. The molecule has 58 valence electrons. The van der Waals surface area contributed by atoms with Gasteiger partial charge >= 0.3 is 0 Å². The molecule has 0 amide bonds. The minimum Gasteiger partial charge on any atom is -0.314 e. The first-order chi connectivity index (χ1) is 5.77. The molecule has 2 heteroatoms. The highest BCUT2D eigenvalue weighted by molar-refractivity contribution is 5.36. The standard InChI is InChI=1S/C10H8N2/c1-2-10(12)9-5-3-4-8(6-9)7-11/h1,3-6,10H,12H2. The molecule has 0 aliphatic heterocycles. The summed E-state index contributed by atoms with van der Waals surface area (Å²) in [4.78, 5) is 0. The summed E-state index contributed by atoms with van der Waals surface area (Å²) >= 11 is 0. The van der Waals surface area contributed by atoms with Crippen molar-refractivity contribution in [2.75, 3.05) is 0 Å². The van der Waals surface area contributed by atoms with Gasteiger partial charge < -0.3 is 5.73 Å². The summed E-state index contributed by atoms with van der Waals surface area (Å²) in [5.41, 5.74) is 6.96. The third-order valence-electron chi connectivity index (χ3n) is 1.55. The van der Waals surface area contributed by atoms with E-state index in [2.05, 4.69) is 5.92 Å². The summed E-state index contributed by atoms with van der Waals surface area (Å²) < 4.78 is 0. The van der Waals surface area contributed by atoms with Gasteiger partial charge in [0.2, 0.25) is 0 Å². The van der Waals surface area contributed by atoms with Gasteiger partial charge in [0.1, 0.15) is 0 Å². The molecule has 0 saturated heterocycles. The number of nitriles is 1. The van der Waals surface area contributed by atoms with E-state index in [4.69, 9.17) is 17.4 Å². The third kappa shape index (κ3) is 1.63. The smallest absolute Gasteiger partial charge is 0.0991 e. The summed E-state index contributed by atoms with van der Waals surface area (Å²) in [6.45, 7) is 0. The maximum atomic E-state index is 8.57. The van der Waals surface area contributed by atoms with Gasteiger partial charge in [-0.3, -0.25) is 0 Å². The van der Waals surface area contributed by atoms with Crippen LogP contribution in [0.3, 0.4) is 0 Å². The first-order valence-corrected chi connectivity index (χ1v) is 3.49. The van der Waals surface area contributed by atoms with Crippen molar-refractivity contribution in [3.63, 3.8) is 0 Å². The second kappa shape index (κ2) is 3.57. The second-order valence-electron chi connectivity index (χ2n) is 2.38. The molecule has 1 rings (SSSR count). The number of terminal acetylenes is 1. The van der Waals surface area contributed by atoms with Crippen molar-refractivity contribution in [3.05, 3.63) is 35.4 Å². The van der Waals surface area contributed by atoms with Crippen molar-refractivity contribution in [2.24, 2.45) is 5.73 Å².